The third-order valence-corrected chi connectivity index (χ3v) is 4.71. The Morgan fingerprint density at radius 3 is 3.00 bits per heavy atom. The summed E-state index contributed by atoms with van der Waals surface area (Å²) < 4.78 is 1.81. The largest absolute Gasteiger partial charge is 0.370 e. The van der Waals surface area contributed by atoms with Gasteiger partial charge in [0.25, 0.3) is 0 Å². The van der Waals surface area contributed by atoms with Crippen LogP contribution in [0.1, 0.15) is 44.9 Å². The molecule has 0 spiro atoms. The number of nitrogens with zero attached hydrogens (tertiary/aromatic N) is 5. The Morgan fingerprint density at radius 2 is 2.25 bits per heavy atom. The number of hydrogen-bond donors (Lipinski definition) is 1. The fourth-order valence-electron chi connectivity index (χ4n) is 3.47. The van der Waals surface area contributed by atoms with Crippen molar-refractivity contribution in [1.29, 1.82) is 0 Å². The lowest BCUT2D eigenvalue weighted by Gasteiger charge is -2.34. The lowest BCUT2D eigenvalue weighted by atomic mass is 9.93. The van der Waals surface area contributed by atoms with E-state index in [4.69, 9.17) is 10.7 Å². The summed E-state index contributed by atoms with van der Waals surface area (Å²) in [5.41, 5.74) is 6.19. The van der Waals surface area contributed by atoms with Crippen LogP contribution in [0.3, 0.4) is 0 Å². The molecule has 1 fully saturated rings. The van der Waals surface area contributed by atoms with Crippen LogP contribution in [0.25, 0.3) is 11.0 Å². The van der Waals surface area contributed by atoms with Crippen molar-refractivity contribution >= 4 is 22.8 Å². The SMILES string of the molecule is CCCc1nc(N2CCCC(CCC(N)=O)C2)c2cnn(C)c2n1. The zero-order valence-electron chi connectivity index (χ0n) is 14.5. The van der Waals surface area contributed by atoms with Gasteiger partial charge in [-0.1, -0.05) is 6.92 Å². The van der Waals surface area contributed by atoms with Crippen LogP contribution >= 0.6 is 0 Å². The molecule has 3 rings (SSSR count). The molecule has 0 bridgehead atoms. The maximum absolute atomic E-state index is 11.1. The summed E-state index contributed by atoms with van der Waals surface area (Å²) in [7, 11) is 1.92. The topological polar surface area (TPSA) is 89.9 Å². The van der Waals surface area contributed by atoms with Gasteiger partial charge in [-0.05, 0) is 31.6 Å². The zero-order chi connectivity index (χ0) is 17.1. The first-order valence-electron chi connectivity index (χ1n) is 8.80. The van der Waals surface area contributed by atoms with Gasteiger partial charge in [0.15, 0.2) is 5.65 Å². The predicted molar refractivity (Wildman–Crippen MR) is 93.7 cm³/mol. The van der Waals surface area contributed by atoms with E-state index in [9.17, 15) is 4.79 Å². The number of piperidine rings is 1. The number of hydrogen-bond acceptors (Lipinski definition) is 5. The standard InChI is InChI=1S/C17H26N6O/c1-3-5-15-20-16-13(10-19-22(16)2)17(21-15)23-9-4-6-12(11-23)7-8-14(18)24/h10,12H,3-9,11H2,1-2H3,(H2,18,24). The summed E-state index contributed by atoms with van der Waals surface area (Å²) in [6.07, 6.45) is 7.32. The van der Waals surface area contributed by atoms with Crippen molar-refractivity contribution in [2.45, 2.75) is 45.4 Å². The van der Waals surface area contributed by atoms with Crippen molar-refractivity contribution in [3.63, 3.8) is 0 Å². The van der Waals surface area contributed by atoms with Crippen molar-refractivity contribution < 1.29 is 4.79 Å². The molecule has 1 aliphatic heterocycles. The van der Waals surface area contributed by atoms with E-state index in [1.54, 1.807) is 0 Å². The number of aromatic nitrogens is 4. The molecule has 24 heavy (non-hydrogen) atoms. The molecule has 7 nitrogen and oxygen atoms in total. The molecule has 1 saturated heterocycles. The van der Waals surface area contributed by atoms with Crippen LogP contribution in [0.15, 0.2) is 6.20 Å². The van der Waals surface area contributed by atoms with Gasteiger partial charge in [-0.3, -0.25) is 9.48 Å². The van der Waals surface area contributed by atoms with E-state index in [0.29, 0.717) is 12.3 Å². The summed E-state index contributed by atoms with van der Waals surface area (Å²) in [6.45, 7) is 4.04. The van der Waals surface area contributed by atoms with E-state index < -0.39 is 0 Å². The van der Waals surface area contributed by atoms with Gasteiger partial charge in [0.1, 0.15) is 11.6 Å². The van der Waals surface area contributed by atoms with Crippen molar-refractivity contribution in [3.8, 4) is 0 Å². The number of carbonyl (C=O) groups is 1. The van der Waals surface area contributed by atoms with E-state index in [1.165, 1.54) is 0 Å². The van der Waals surface area contributed by atoms with Gasteiger partial charge in [-0.25, -0.2) is 9.97 Å². The first-order valence-corrected chi connectivity index (χ1v) is 8.80. The Labute approximate surface area is 142 Å². The van der Waals surface area contributed by atoms with E-state index in [2.05, 4.69) is 21.9 Å². The molecular weight excluding hydrogens is 304 g/mol. The zero-order valence-corrected chi connectivity index (χ0v) is 14.5. The smallest absolute Gasteiger partial charge is 0.217 e. The number of primary amides is 1. The first kappa shape index (κ1) is 16.7. The van der Waals surface area contributed by atoms with Crippen molar-refractivity contribution in [3.05, 3.63) is 12.0 Å². The van der Waals surface area contributed by atoms with Crippen molar-refractivity contribution in [2.75, 3.05) is 18.0 Å². The second-order valence-electron chi connectivity index (χ2n) is 6.68. The van der Waals surface area contributed by atoms with Gasteiger partial charge in [0.05, 0.1) is 11.6 Å². The van der Waals surface area contributed by atoms with E-state index in [1.807, 2.05) is 17.9 Å². The van der Waals surface area contributed by atoms with Crippen LogP contribution in [-0.4, -0.2) is 38.7 Å². The molecule has 1 atom stereocenters. The molecule has 0 saturated carbocycles. The van der Waals surface area contributed by atoms with Crippen LogP contribution in [0.5, 0.6) is 0 Å². The Morgan fingerprint density at radius 1 is 1.42 bits per heavy atom. The summed E-state index contributed by atoms with van der Waals surface area (Å²) >= 11 is 0. The summed E-state index contributed by atoms with van der Waals surface area (Å²) in [5.74, 6) is 2.14. The molecule has 1 unspecified atom stereocenters. The lowest BCUT2D eigenvalue weighted by Crippen LogP contribution is -2.36. The van der Waals surface area contributed by atoms with Gasteiger partial charge < -0.3 is 10.6 Å². The van der Waals surface area contributed by atoms with Gasteiger partial charge in [0.2, 0.25) is 5.91 Å². The molecular formula is C17H26N6O. The minimum Gasteiger partial charge on any atom is -0.370 e. The molecule has 2 N–H and O–H groups in total. The highest BCUT2D eigenvalue weighted by molar-refractivity contribution is 5.87. The fraction of sp³-hybridized carbons (Fsp3) is 0.647. The predicted octanol–water partition coefficient (Wildman–Crippen LogP) is 1.80. The number of amides is 1. The number of rotatable bonds is 6. The second-order valence-corrected chi connectivity index (χ2v) is 6.68. The van der Waals surface area contributed by atoms with Crippen LogP contribution in [0.2, 0.25) is 0 Å². The molecule has 1 aliphatic rings. The Bertz CT molecular complexity index is 725. The van der Waals surface area contributed by atoms with Crippen LogP contribution in [0.4, 0.5) is 5.82 Å². The highest BCUT2D eigenvalue weighted by Crippen LogP contribution is 2.29. The molecule has 2 aromatic rings. The van der Waals surface area contributed by atoms with Crippen LogP contribution < -0.4 is 10.6 Å². The highest BCUT2D eigenvalue weighted by Gasteiger charge is 2.24. The number of fused-ring (bicyclic) bond motifs is 1. The van der Waals surface area contributed by atoms with Crippen molar-refractivity contribution in [1.82, 2.24) is 19.7 Å². The summed E-state index contributed by atoms with van der Waals surface area (Å²) in [4.78, 5) is 22.9. The molecule has 3 heterocycles. The third-order valence-electron chi connectivity index (χ3n) is 4.71. The van der Waals surface area contributed by atoms with E-state index in [0.717, 1.165) is 67.9 Å². The van der Waals surface area contributed by atoms with Gasteiger partial charge in [-0.2, -0.15) is 5.10 Å². The molecule has 2 aromatic heterocycles. The Hall–Kier alpha value is -2.18. The van der Waals surface area contributed by atoms with E-state index >= 15 is 0 Å². The average Bonchev–Trinajstić information content (AvgIpc) is 2.94. The number of nitrogens with two attached hydrogens (primary N) is 1. The minimum absolute atomic E-state index is 0.214. The monoisotopic (exact) mass is 330 g/mol. The highest BCUT2D eigenvalue weighted by atomic mass is 16.1. The summed E-state index contributed by atoms with van der Waals surface area (Å²) in [5, 5.41) is 5.36. The molecule has 130 valence electrons. The average molecular weight is 330 g/mol. The van der Waals surface area contributed by atoms with E-state index in [-0.39, 0.29) is 5.91 Å². The maximum Gasteiger partial charge on any atom is 0.217 e. The normalized spacial score (nSPS) is 18.2. The van der Waals surface area contributed by atoms with Gasteiger partial charge in [-0.15, -0.1) is 0 Å². The number of aryl methyl sites for hydroxylation is 2. The molecule has 1 amide bonds. The molecule has 0 aliphatic carbocycles. The second kappa shape index (κ2) is 7.15. The molecule has 0 radical (unpaired) electrons. The summed E-state index contributed by atoms with van der Waals surface area (Å²) in [6, 6.07) is 0. The fourth-order valence-corrected chi connectivity index (χ4v) is 3.47. The van der Waals surface area contributed by atoms with Crippen molar-refractivity contribution in [2.24, 2.45) is 18.7 Å². The number of anilines is 1. The molecule has 0 aromatic carbocycles. The first-order chi connectivity index (χ1) is 11.6. The third kappa shape index (κ3) is 3.49. The van der Waals surface area contributed by atoms with Crippen LogP contribution in [0, 0.1) is 5.92 Å². The lowest BCUT2D eigenvalue weighted by molar-refractivity contribution is -0.118. The quantitative estimate of drug-likeness (QED) is 0.872. The van der Waals surface area contributed by atoms with Gasteiger partial charge >= 0.3 is 0 Å². The Kier molecular flexibility index (Phi) is 4.97. The minimum atomic E-state index is -0.214. The maximum atomic E-state index is 11.1. The number of carbonyl (C=O) groups excluding carboxylic acids is 1. The van der Waals surface area contributed by atoms with Crippen LogP contribution in [-0.2, 0) is 18.3 Å². The van der Waals surface area contributed by atoms with Gasteiger partial charge in [0, 0.05) is 33.0 Å². The molecule has 7 heteroatoms. The Balaban J connectivity index is 1.88.